The average molecular weight is 494 g/mol. The Kier molecular flexibility index (Phi) is 7.11. The second-order valence-corrected chi connectivity index (χ2v) is 10.0. The van der Waals surface area contributed by atoms with Crippen molar-refractivity contribution in [3.63, 3.8) is 0 Å². The fourth-order valence-electron chi connectivity index (χ4n) is 3.13. The van der Waals surface area contributed by atoms with E-state index in [-0.39, 0.29) is 4.90 Å². The van der Waals surface area contributed by atoms with Crippen LogP contribution in [0.1, 0.15) is 16.7 Å². The summed E-state index contributed by atoms with van der Waals surface area (Å²) < 4.78 is 28.4. The highest BCUT2D eigenvalue weighted by molar-refractivity contribution is 7.92. The van der Waals surface area contributed by atoms with Crippen molar-refractivity contribution in [2.24, 2.45) is 0 Å². The van der Waals surface area contributed by atoms with Gasteiger partial charge < -0.3 is 10.6 Å². The number of hydrogen-bond donors (Lipinski definition) is 3. The number of anilines is 3. The smallest absolute Gasteiger partial charge is 0.261 e. The molecular formula is C22H21Cl2N3O2S2. The zero-order valence-electron chi connectivity index (χ0n) is 17.1. The van der Waals surface area contributed by atoms with E-state index < -0.39 is 10.0 Å². The van der Waals surface area contributed by atoms with Gasteiger partial charge in [0.2, 0.25) is 0 Å². The highest BCUT2D eigenvalue weighted by atomic mass is 35.5. The van der Waals surface area contributed by atoms with E-state index in [1.165, 1.54) is 12.1 Å². The van der Waals surface area contributed by atoms with Gasteiger partial charge in [-0.3, -0.25) is 4.72 Å². The molecule has 162 valence electrons. The Morgan fingerprint density at radius 3 is 2.10 bits per heavy atom. The Hall–Kier alpha value is -2.32. The normalized spacial score (nSPS) is 11.1. The predicted octanol–water partition coefficient (Wildman–Crippen LogP) is 6.53. The first-order chi connectivity index (χ1) is 14.5. The number of thiocarbonyl (C=S) groups is 1. The molecule has 3 rings (SSSR count). The van der Waals surface area contributed by atoms with Crippen molar-refractivity contribution in [2.45, 2.75) is 25.7 Å². The number of rotatable bonds is 5. The Morgan fingerprint density at radius 2 is 1.48 bits per heavy atom. The molecule has 0 atom stereocenters. The van der Waals surface area contributed by atoms with Crippen molar-refractivity contribution >= 4 is 67.6 Å². The molecule has 0 spiro atoms. The highest BCUT2D eigenvalue weighted by Gasteiger charge is 2.17. The lowest BCUT2D eigenvalue weighted by atomic mass is 10.1. The third kappa shape index (κ3) is 5.89. The molecule has 0 heterocycles. The van der Waals surface area contributed by atoms with E-state index in [1.807, 2.05) is 32.9 Å². The lowest BCUT2D eigenvalue weighted by Crippen LogP contribution is -2.19. The molecule has 0 aliphatic heterocycles. The molecule has 3 N–H and O–H groups in total. The summed E-state index contributed by atoms with van der Waals surface area (Å²) in [4.78, 5) is 0.147. The monoisotopic (exact) mass is 493 g/mol. The van der Waals surface area contributed by atoms with E-state index >= 15 is 0 Å². The lowest BCUT2D eigenvalue weighted by Gasteiger charge is -2.15. The molecule has 9 heteroatoms. The molecule has 0 fully saturated rings. The number of hydrogen-bond acceptors (Lipinski definition) is 3. The molecule has 3 aromatic carbocycles. The van der Waals surface area contributed by atoms with Gasteiger partial charge in [-0.05, 0) is 86.6 Å². The summed E-state index contributed by atoms with van der Waals surface area (Å²) in [6.45, 7) is 5.74. The number of sulfonamides is 1. The zero-order chi connectivity index (χ0) is 22.8. The van der Waals surface area contributed by atoms with Gasteiger partial charge in [0.25, 0.3) is 10.0 Å². The number of nitrogens with one attached hydrogen (secondary N) is 3. The quantitative estimate of drug-likeness (QED) is 0.352. The maximum absolute atomic E-state index is 12.8. The highest BCUT2D eigenvalue weighted by Crippen LogP contribution is 2.27. The fourth-order valence-corrected chi connectivity index (χ4v) is 4.90. The van der Waals surface area contributed by atoms with E-state index in [4.69, 9.17) is 35.4 Å². The molecule has 3 aromatic rings. The molecule has 5 nitrogen and oxygen atoms in total. The van der Waals surface area contributed by atoms with Crippen molar-refractivity contribution in [1.29, 1.82) is 0 Å². The number of benzene rings is 3. The largest absolute Gasteiger partial charge is 0.332 e. The van der Waals surface area contributed by atoms with Crippen LogP contribution in [0.25, 0.3) is 0 Å². The standard InChI is InChI=1S/C22H21Cl2N3O2S2/c1-13-10-14(2)21(15(3)11-13)27-31(28,29)18-7-5-17(6-8-18)25-22(30)26-20-12-16(23)4-9-19(20)24/h4-12,27H,1-3H3,(H2,25,26,30). The molecule has 0 aliphatic rings. The van der Waals surface area contributed by atoms with Gasteiger partial charge in [-0.15, -0.1) is 0 Å². The molecule has 0 amide bonds. The van der Waals surface area contributed by atoms with Crippen LogP contribution in [-0.4, -0.2) is 13.5 Å². The van der Waals surface area contributed by atoms with Crippen LogP contribution >= 0.6 is 35.4 Å². The number of aryl methyl sites for hydroxylation is 3. The zero-order valence-corrected chi connectivity index (χ0v) is 20.2. The van der Waals surface area contributed by atoms with Gasteiger partial charge >= 0.3 is 0 Å². The summed E-state index contributed by atoms with van der Waals surface area (Å²) in [5, 5.41) is 7.25. The first-order valence-electron chi connectivity index (χ1n) is 9.29. The van der Waals surface area contributed by atoms with Crippen LogP contribution in [0.15, 0.2) is 59.5 Å². The van der Waals surface area contributed by atoms with Gasteiger partial charge in [-0.25, -0.2) is 8.42 Å². The molecule has 31 heavy (non-hydrogen) atoms. The van der Waals surface area contributed by atoms with E-state index in [2.05, 4.69) is 15.4 Å². The van der Waals surface area contributed by atoms with Crippen LogP contribution in [0.5, 0.6) is 0 Å². The Balaban J connectivity index is 1.72. The first-order valence-corrected chi connectivity index (χ1v) is 11.9. The van der Waals surface area contributed by atoms with Crippen molar-refractivity contribution in [3.05, 3.63) is 81.3 Å². The van der Waals surface area contributed by atoms with E-state index in [1.54, 1.807) is 30.3 Å². The van der Waals surface area contributed by atoms with Gasteiger partial charge in [0.1, 0.15) is 0 Å². The van der Waals surface area contributed by atoms with E-state index in [0.29, 0.717) is 32.2 Å². The van der Waals surface area contributed by atoms with Gasteiger partial charge in [0, 0.05) is 10.7 Å². The molecule has 0 saturated heterocycles. The van der Waals surface area contributed by atoms with Crippen molar-refractivity contribution in [1.82, 2.24) is 0 Å². The molecule has 0 aromatic heterocycles. The molecule has 0 saturated carbocycles. The minimum absolute atomic E-state index is 0.147. The second-order valence-electron chi connectivity index (χ2n) is 7.11. The Morgan fingerprint density at radius 1 is 0.871 bits per heavy atom. The Labute approximate surface area is 197 Å². The van der Waals surface area contributed by atoms with Crippen molar-refractivity contribution < 1.29 is 8.42 Å². The Bertz CT molecular complexity index is 1220. The summed E-state index contributed by atoms with van der Waals surface area (Å²) in [6, 6.07) is 15.2. The van der Waals surface area contributed by atoms with Crippen molar-refractivity contribution in [3.8, 4) is 0 Å². The van der Waals surface area contributed by atoms with Crippen LogP contribution in [0.4, 0.5) is 17.1 Å². The summed E-state index contributed by atoms with van der Waals surface area (Å²) in [7, 11) is -3.73. The van der Waals surface area contributed by atoms with Crippen LogP contribution in [0.3, 0.4) is 0 Å². The average Bonchev–Trinajstić information content (AvgIpc) is 2.68. The van der Waals surface area contributed by atoms with Gasteiger partial charge in [0.15, 0.2) is 5.11 Å². The number of halogens is 2. The third-order valence-electron chi connectivity index (χ3n) is 4.51. The summed E-state index contributed by atoms with van der Waals surface area (Å²) in [5.41, 5.74) is 4.61. The summed E-state index contributed by atoms with van der Waals surface area (Å²) in [5.74, 6) is 0. The predicted molar refractivity (Wildman–Crippen MR) is 134 cm³/mol. The first kappa shape index (κ1) is 23.3. The van der Waals surface area contributed by atoms with Crippen molar-refractivity contribution in [2.75, 3.05) is 15.4 Å². The second kappa shape index (κ2) is 9.44. The SMILES string of the molecule is Cc1cc(C)c(NS(=O)(=O)c2ccc(NC(=S)Nc3cc(Cl)ccc3Cl)cc2)c(C)c1. The topological polar surface area (TPSA) is 70.2 Å². The molecule has 0 bridgehead atoms. The summed E-state index contributed by atoms with van der Waals surface area (Å²) in [6.07, 6.45) is 0. The minimum Gasteiger partial charge on any atom is -0.332 e. The third-order valence-corrected chi connectivity index (χ3v) is 6.65. The maximum Gasteiger partial charge on any atom is 0.261 e. The molecule has 0 radical (unpaired) electrons. The molecule has 0 aliphatic carbocycles. The molecule has 0 unspecified atom stereocenters. The van der Waals surface area contributed by atoms with E-state index in [0.717, 1.165) is 16.7 Å². The maximum atomic E-state index is 12.8. The summed E-state index contributed by atoms with van der Waals surface area (Å²) >= 11 is 17.4. The fraction of sp³-hybridized carbons (Fsp3) is 0.136. The van der Waals surface area contributed by atoms with Gasteiger partial charge in [-0.1, -0.05) is 40.9 Å². The van der Waals surface area contributed by atoms with Crippen LogP contribution in [0.2, 0.25) is 10.0 Å². The molecular weight excluding hydrogens is 473 g/mol. The van der Waals surface area contributed by atoms with Crippen LogP contribution in [0, 0.1) is 20.8 Å². The minimum atomic E-state index is -3.73. The lowest BCUT2D eigenvalue weighted by molar-refractivity contribution is 0.601. The van der Waals surface area contributed by atoms with Crippen LogP contribution in [-0.2, 0) is 10.0 Å². The van der Waals surface area contributed by atoms with Crippen LogP contribution < -0.4 is 15.4 Å². The van der Waals surface area contributed by atoms with Gasteiger partial charge in [0.05, 0.1) is 21.3 Å². The van der Waals surface area contributed by atoms with Gasteiger partial charge in [-0.2, -0.15) is 0 Å². The van der Waals surface area contributed by atoms with E-state index in [9.17, 15) is 8.42 Å².